The Hall–Kier alpha value is -3.61. The Morgan fingerprint density at radius 1 is 1.04 bits per heavy atom. The molecule has 0 aliphatic carbocycles. The Morgan fingerprint density at radius 3 is 2.48 bits per heavy atom. The third-order valence-corrected chi connectivity index (χ3v) is 3.86. The van der Waals surface area contributed by atoms with Gasteiger partial charge in [-0.1, -0.05) is 30.3 Å². The number of carbonyl (C=O) groups excluding carboxylic acids is 2. The lowest BCUT2D eigenvalue weighted by Crippen LogP contribution is -2.32. The zero-order valence-electron chi connectivity index (χ0n) is 14.9. The molecule has 27 heavy (non-hydrogen) atoms. The smallest absolute Gasteiger partial charge is 0.251 e. The van der Waals surface area contributed by atoms with Crippen LogP contribution in [0.2, 0.25) is 0 Å². The molecule has 7 heteroatoms. The highest BCUT2D eigenvalue weighted by atomic mass is 16.5. The predicted molar refractivity (Wildman–Crippen MR) is 102 cm³/mol. The molecule has 3 rings (SSSR count). The van der Waals surface area contributed by atoms with E-state index >= 15 is 0 Å². The molecular formula is C20H20N4O3. The fourth-order valence-electron chi connectivity index (χ4n) is 2.48. The molecule has 0 radical (unpaired) electrons. The number of carbonyl (C=O) groups is 2. The van der Waals surface area contributed by atoms with E-state index in [2.05, 4.69) is 15.7 Å². The minimum atomic E-state index is -0.346. The van der Waals surface area contributed by atoms with Crippen molar-refractivity contribution in [3.63, 3.8) is 0 Å². The van der Waals surface area contributed by atoms with E-state index in [0.717, 1.165) is 5.56 Å². The summed E-state index contributed by atoms with van der Waals surface area (Å²) in [6.07, 6.45) is 1.79. The fourth-order valence-corrected chi connectivity index (χ4v) is 2.48. The normalized spacial score (nSPS) is 10.3. The number of nitrogens with zero attached hydrogens (tertiary/aromatic N) is 2. The van der Waals surface area contributed by atoms with Crippen LogP contribution in [0.3, 0.4) is 0 Å². The highest BCUT2D eigenvalue weighted by Gasteiger charge is 2.09. The number of aromatic nitrogens is 2. The van der Waals surface area contributed by atoms with Gasteiger partial charge in [-0.25, -0.2) is 0 Å². The van der Waals surface area contributed by atoms with Gasteiger partial charge in [-0.3, -0.25) is 14.3 Å². The molecule has 0 aliphatic heterocycles. The summed E-state index contributed by atoms with van der Waals surface area (Å²) in [6, 6.07) is 18.3. The van der Waals surface area contributed by atoms with Crippen molar-refractivity contribution >= 4 is 17.6 Å². The molecule has 0 fully saturated rings. The van der Waals surface area contributed by atoms with Crippen LogP contribution in [0.1, 0.15) is 15.9 Å². The molecular weight excluding hydrogens is 344 g/mol. The predicted octanol–water partition coefficient (Wildman–Crippen LogP) is 2.31. The van der Waals surface area contributed by atoms with Crippen LogP contribution in [0, 0.1) is 0 Å². The molecule has 0 saturated carbocycles. The minimum Gasteiger partial charge on any atom is -0.497 e. The molecule has 1 heterocycles. The van der Waals surface area contributed by atoms with Crippen molar-refractivity contribution in [3.8, 4) is 5.75 Å². The van der Waals surface area contributed by atoms with Crippen molar-refractivity contribution in [3.05, 3.63) is 78.0 Å². The Kier molecular flexibility index (Phi) is 5.84. The lowest BCUT2D eigenvalue weighted by molar-refractivity contribution is -0.115. The maximum Gasteiger partial charge on any atom is 0.251 e. The third-order valence-electron chi connectivity index (χ3n) is 3.86. The fraction of sp³-hybridized carbons (Fsp3) is 0.150. The maximum atomic E-state index is 12.1. The highest BCUT2D eigenvalue weighted by molar-refractivity contribution is 5.99. The summed E-state index contributed by atoms with van der Waals surface area (Å²) in [5.74, 6) is 0.425. The first kappa shape index (κ1) is 18.2. The summed E-state index contributed by atoms with van der Waals surface area (Å²) in [7, 11) is 1.56. The number of nitrogens with one attached hydrogen (secondary N) is 2. The average molecular weight is 364 g/mol. The lowest BCUT2D eigenvalue weighted by atomic mass is 10.2. The maximum absolute atomic E-state index is 12.1. The first-order valence-electron chi connectivity index (χ1n) is 8.43. The van der Waals surface area contributed by atoms with Crippen molar-refractivity contribution in [1.82, 2.24) is 15.1 Å². The number of anilines is 1. The van der Waals surface area contributed by atoms with Crippen LogP contribution in [0.4, 0.5) is 5.82 Å². The van der Waals surface area contributed by atoms with Crippen molar-refractivity contribution in [2.75, 3.05) is 19.0 Å². The number of benzene rings is 2. The molecule has 138 valence electrons. The summed E-state index contributed by atoms with van der Waals surface area (Å²) in [5.41, 5.74) is 1.57. The average Bonchev–Trinajstić information content (AvgIpc) is 3.13. The number of methoxy groups -OCH3 is 1. The molecule has 0 aliphatic rings. The van der Waals surface area contributed by atoms with Crippen molar-refractivity contribution < 1.29 is 14.3 Å². The molecule has 2 aromatic carbocycles. The van der Waals surface area contributed by atoms with Gasteiger partial charge in [0.1, 0.15) is 5.75 Å². The van der Waals surface area contributed by atoms with E-state index in [1.54, 1.807) is 48.3 Å². The van der Waals surface area contributed by atoms with E-state index in [-0.39, 0.29) is 18.4 Å². The van der Waals surface area contributed by atoms with Crippen LogP contribution in [0.5, 0.6) is 5.75 Å². The van der Waals surface area contributed by atoms with E-state index < -0.39 is 0 Å². The van der Waals surface area contributed by atoms with Crippen LogP contribution in [0.15, 0.2) is 66.9 Å². The van der Waals surface area contributed by atoms with Gasteiger partial charge in [0.15, 0.2) is 5.82 Å². The zero-order chi connectivity index (χ0) is 19.1. The number of hydrogen-bond donors (Lipinski definition) is 2. The molecule has 7 nitrogen and oxygen atoms in total. The summed E-state index contributed by atoms with van der Waals surface area (Å²) >= 11 is 0. The molecule has 1 aromatic heterocycles. The number of amides is 2. The molecule has 3 aromatic rings. The second kappa shape index (κ2) is 8.66. The van der Waals surface area contributed by atoms with Crippen LogP contribution in [-0.4, -0.2) is 35.2 Å². The first-order valence-corrected chi connectivity index (χ1v) is 8.43. The Balaban J connectivity index is 1.48. The van der Waals surface area contributed by atoms with Crippen LogP contribution >= 0.6 is 0 Å². The zero-order valence-corrected chi connectivity index (χ0v) is 14.9. The molecule has 0 atom stereocenters. The van der Waals surface area contributed by atoms with Crippen LogP contribution < -0.4 is 15.4 Å². The second-order valence-electron chi connectivity index (χ2n) is 5.84. The van der Waals surface area contributed by atoms with Crippen molar-refractivity contribution in [2.24, 2.45) is 0 Å². The molecule has 0 spiro atoms. The topological polar surface area (TPSA) is 85.2 Å². The monoisotopic (exact) mass is 364 g/mol. The second-order valence-corrected chi connectivity index (χ2v) is 5.84. The molecule has 2 amide bonds. The van der Waals surface area contributed by atoms with E-state index in [4.69, 9.17) is 4.74 Å². The van der Waals surface area contributed by atoms with Crippen molar-refractivity contribution in [1.29, 1.82) is 0 Å². The van der Waals surface area contributed by atoms with Gasteiger partial charge in [0.05, 0.1) is 20.2 Å². The first-order chi connectivity index (χ1) is 13.1. The minimum absolute atomic E-state index is 0.142. The Bertz CT molecular complexity index is 904. The number of hydrogen-bond acceptors (Lipinski definition) is 4. The van der Waals surface area contributed by atoms with E-state index in [1.165, 1.54) is 0 Å². The van der Waals surface area contributed by atoms with Gasteiger partial charge in [0, 0.05) is 17.8 Å². The summed E-state index contributed by atoms with van der Waals surface area (Å²) in [5, 5.41) is 9.55. The SMILES string of the molecule is COc1ccc(C(=O)NCC(=O)Nc2ccn(Cc3ccccc3)n2)cc1. The summed E-state index contributed by atoms with van der Waals surface area (Å²) in [4.78, 5) is 24.1. The van der Waals surface area contributed by atoms with Gasteiger partial charge in [-0.2, -0.15) is 5.10 Å². The Morgan fingerprint density at radius 2 is 1.78 bits per heavy atom. The van der Waals surface area contributed by atoms with Gasteiger partial charge in [-0.15, -0.1) is 0 Å². The molecule has 0 saturated heterocycles. The summed E-state index contributed by atoms with van der Waals surface area (Å²) in [6.45, 7) is 0.474. The molecule has 0 bridgehead atoms. The largest absolute Gasteiger partial charge is 0.497 e. The van der Waals surface area contributed by atoms with E-state index in [9.17, 15) is 9.59 Å². The van der Waals surface area contributed by atoms with Gasteiger partial charge >= 0.3 is 0 Å². The quantitative estimate of drug-likeness (QED) is 0.674. The van der Waals surface area contributed by atoms with Gasteiger partial charge in [0.25, 0.3) is 5.91 Å². The van der Waals surface area contributed by atoms with E-state index in [0.29, 0.717) is 23.7 Å². The van der Waals surface area contributed by atoms with Gasteiger partial charge in [-0.05, 0) is 29.8 Å². The lowest BCUT2D eigenvalue weighted by Gasteiger charge is -2.06. The number of ether oxygens (including phenoxy) is 1. The van der Waals surface area contributed by atoms with Gasteiger partial charge in [0.2, 0.25) is 5.91 Å². The van der Waals surface area contributed by atoms with Crippen LogP contribution in [-0.2, 0) is 11.3 Å². The molecule has 0 unspecified atom stereocenters. The standard InChI is InChI=1S/C20H20N4O3/c1-27-17-9-7-16(8-10-17)20(26)21-13-19(25)22-18-11-12-24(23-18)14-15-5-3-2-4-6-15/h2-12H,13-14H2,1H3,(H,21,26)(H,22,23,25). The summed E-state index contributed by atoms with van der Waals surface area (Å²) < 4.78 is 6.79. The van der Waals surface area contributed by atoms with Gasteiger partial charge < -0.3 is 15.4 Å². The van der Waals surface area contributed by atoms with E-state index in [1.807, 2.05) is 30.3 Å². The molecule has 2 N–H and O–H groups in total. The van der Waals surface area contributed by atoms with Crippen molar-refractivity contribution in [2.45, 2.75) is 6.54 Å². The third kappa shape index (κ3) is 5.18. The van der Waals surface area contributed by atoms with Crippen LogP contribution in [0.25, 0.3) is 0 Å². The Labute approximate surface area is 157 Å². The highest BCUT2D eigenvalue weighted by Crippen LogP contribution is 2.11. The number of rotatable bonds is 7.